The average molecular weight is 427 g/mol. The highest BCUT2D eigenvalue weighted by Crippen LogP contribution is 2.42. The SMILES string of the molecule is O=C(Nc1cccc([C@H]2SCC(=O)N2c2ccc(F)cc2)c1)c1cccc(Cl)c1. The first kappa shape index (κ1) is 19.5. The van der Waals surface area contributed by atoms with Crippen LogP contribution in [0.25, 0.3) is 0 Å². The van der Waals surface area contributed by atoms with Crippen molar-refractivity contribution in [1.29, 1.82) is 0 Å². The Hall–Kier alpha value is -2.83. The minimum absolute atomic E-state index is 0.0417. The minimum Gasteiger partial charge on any atom is -0.322 e. The van der Waals surface area contributed by atoms with Crippen LogP contribution >= 0.6 is 23.4 Å². The summed E-state index contributed by atoms with van der Waals surface area (Å²) in [5, 5.41) is 3.10. The molecule has 0 aliphatic carbocycles. The Morgan fingerprint density at radius 1 is 1.07 bits per heavy atom. The summed E-state index contributed by atoms with van der Waals surface area (Å²) < 4.78 is 13.3. The molecule has 3 aromatic carbocycles. The molecule has 0 radical (unpaired) electrons. The number of benzene rings is 3. The minimum atomic E-state index is -0.352. The number of rotatable bonds is 4. The smallest absolute Gasteiger partial charge is 0.255 e. The average Bonchev–Trinajstić information content (AvgIpc) is 3.10. The summed E-state index contributed by atoms with van der Waals surface area (Å²) in [6.07, 6.45) is 0. The Labute approximate surface area is 176 Å². The van der Waals surface area contributed by atoms with Crippen LogP contribution in [0.15, 0.2) is 72.8 Å². The third-order valence-corrected chi connectivity index (χ3v) is 5.94. The van der Waals surface area contributed by atoms with Gasteiger partial charge < -0.3 is 5.32 Å². The zero-order valence-corrected chi connectivity index (χ0v) is 16.7. The summed E-state index contributed by atoms with van der Waals surface area (Å²) in [4.78, 5) is 26.6. The van der Waals surface area contributed by atoms with Crippen molar-refractivity contribution >= 4 is 46.6 Å². The van der Waals surface area contributed by atoms with Crippen molar-refractivity contribution in [3.8, 4) is 0 Å². The van der Waals surface area contributed by atoms with E-state index in [9.17, 15) is 14.0 Å². The first-order chi connectivity index (χ1) is 14.0. The molecule has 4 rings (SSSR count). The summed E-state index contributed by atoms with van der Waals surface area (Å²) in [5.74, 6) is -0.327. The molecule has 7 heteroatoms. The molecule has 1 aliphatic heterocycles. The summed E-state index contributed by atoms with van der Waals surface area (Å²) in [6.45, 7) is 0. The summed E-state index contributed by atoms with van der Waals surface area (Å²) in [6, 6.07) is 19.9. The largest absolute Gasteiger partial charge is 0.322 e. The van der Waals surface area contributed by atoms with E-state index in [2.05, 4.69) is 5.32 Å². The van der Waals surface area contributed by atoms with Crippen LogP contribution in [0.3, 0.4) is 0 Å². The van der Waals surface area contributed by atoms with Crippen LogP contribution in [0.5, 0.6) is 0 Å². The second-order valence-electron chi connectivity index (χ2n) is 6.49. The van der Waals surface area contributed by atoms with Crippen LogP contribution in [0.4, 0.5) is 15.8 Å². The van der Waals surface area contributed by atoms with E-state index in [1.54, 1.807) is 47.4 Å². The normalized spacial score (nSPS) is 16.1. The van der Waals surface area contributed by atoms with Crippen molar-refractivity contribution in [3.05, 3.63) is 94.8 Å². The van der Waals surface area contributed by atoms with Gasteiger partial charge in [0, 0.05) is 22.0 Å². The molecule has 0 saturated carbocycles. The first-order valence-electron chi connectivity index (χ1n) is 8.87. The van der Waals surface area contributed by atoms with Crippen LogP contribution in [-0.4, -0.2) is 17.6 Å². The fourth-order valence-corrected chi connectivity index (χ4v) is 4.51. The monoisotopic (exact) mass is 426 g/mol. The van der Waals surface area contributed by atoms with E-state index in [-0.39, 0.29) is 23.0 Å². The molecule has 0 bridgehead atoms. The first-order valence-corrected chi connectivity index (χ1v) is 10.3. The molecule has 0 aromatic heterocycles. The predicted octanol–water partition coefficient (Wildman–Crippen LogP) is 5.51. The topological polar surface area (TPSA) is 49.4 Å². The van der Waals surface area contributed by atoms with Crippen molar-refractivity contribution in [3.63, 3.8) is 0 Å². The standard InChI is InChI=1S/C22H16ClFN2O2S/c23-16-5-1-3-14(11-16)21(28)25-18-6-2-4-15(12-18)22-26(20(27)13-29-22)19-9-7-17(24)8-10-19/h1-12,22H,13H2,(H,25,28)/t22-/m1/s1. The number of nitrogens with zero attached hydrogens (tertiary/aromatic N) is 1. The van der Waals surface area contributed by atoms with Crippen LogP contribution in [0.1, 0.15) is 21.3 Å². The Balaban J connectivity index is 1.58. The Bertz CT molecular complexity index is 1070. The lowest BCUT2D eigenvalue weighted by atomic mass is 10.1. The molecule has 1 N–H and O–H groups in total. The third-order valence-electron chi connectivity index (χ3n) is 4.49. The molecule has 1 fully saturated rings. The van der Waals surface area contributed by atoms with Gasteiger partial charge in [0.25, 0.3) is 5.91 Å². The van der Waals surface area contributed by atoms with Gasteiger partial charge in [-0.05, 0) is 60.2 Å². The Morgan fingerprint density at radius 2 is 1.83 bits per heavy atom. The number of anilines is 2. The molecular formula is C22H16ClFN2O2S. The summed E-state index contributed by atoms with van der Waals surface area (Å²) in [5.41, 5.74) is 2.58. The lowest BCUT2D eigenvalue weighted by Gasteiger charge is -2.24. The third kappa shape index (κ3) is 4.28. The zero-order chi connectivity index (χ0) is 20.4. The second-order valence-corrected chi connectivity index (χ2v) is 8.00. The molecule has 1 aliphatic rings. The van der Waals surface area contributed by atoms with E-state index in [1.165, 1.54) is 23.9 Å². The van der Waals surface area contributed by atoms with Crippen LogP contribution < -0.4 is 10.2 Å². The number of carbonyl (C=O) groups is 2. The van der Waals surface area contributed by atoms with Crippen LogP contribution in [0, 0.1) is 5.82 Å². The van der Waals surface area contributed by atoms with Crippen molar-refractivity contribution < 1.29 is 14.0 Å². The molecule has 1 atom stereocenters. The van der Waals surface area contributed by atoms with Gasteiger partial charge in [-0.2, -0.15) is 0 Å². The van der Waals surface area contributed by atoms with Crippen molar-refractivity contribution in [1.82, 2.24) is 0 Å². The highest BCUT2D eigenvalue weighted by Gasteiger charge is 2.34. The number of thioether (sulfide) groups is 1. The van der Waals surface area contributed by atoms with Crippen molar-refractivity contribution in [2.45, 2.75) is 5.37 Å². The maximum atomic E-state index is 13.3. The molecule has 2 amide bonds. The van der Waals surface area contributed by atoms with E-state index < -0.39 is 0 Å². The molecule has 1 heterocycles. The van der Waals surface area contributed by atoms with Gasteiger partial charge in [-0.1, -0.05) is 29.8 Å². The number of nitrogens with one attached hydrogen (secondary N) is 1. The lowest BCUT2D eigenvalue weighted by molar-refractivity contribution is -0.115. The molecule has 0 unspecified atom stereocenters. The fraction of sp³-hybridized carbons (Fsp3) is 0.0909. The molecule has 0 spiro atoms. The van der Waals surface area contributed by atoms with E-state index in [0.29, 0.717) is 27.7 Å². The van der Waals surface area contributed by atoms with Gasteiger partial charge in [-0.15, -0.1) is 11.8 Å². The quantitative estimate of drug-likeness (QED) is 0.598. The van der Waals surface area contributed by atoms with E-state index in [0.717, 1.165) is 5.56 Å². The van der Waals surface area contributed by atoms with Gasteiger partial charge in [0.15, 0.2) is 0 Å². The molecular weight excluding hydrogens is 411 g/mol. The second kappa shape index (κ2) is 8.27. The highest BCUT2D eigenvalue weighted by molar-refractivity contribution is 8.00. The molecule has 1 saturated heterocycles. The van der Waals surface area contributed by atoms with Gasteiger partial charge in [0.05, 0.1) is 5.75 Å². The number of halogens is 2. The number of carbonyl (C=O) groups excluding carboxylic acids is 2. The van der Waals surface area contributed by atoms with Crippen LogP contribution in [-0.2, 0) is 4.79 Å². The van der Waals surface area contributed by atoms with Crippen molar-refractivity contribution in [2.24, 2.45) is 0 Å². The maximum Gasteiger partial charge on any atom is 0.255 e. The Kier molecular flexibility index (Phi) is 5.56. The predicted molar refractivity (Wildman–Crippen MR) is 115 cm³/mol. The van der Waals surface area contributed by atoms with Gasteiger partial charge in [0.1, 0.15) is 11.2 Å². The van der Waals surface area contributed by atoms with E-state index in [4.69, 9.17) is 11.6 Å². The molecule has 146 valence electrons. The van der Waals surface area contributed by atoms with Gasteiger partial charge in [-0.3, -0.25) is 14.5 Å². The molecule has 3 aromatic rings. The summed E-state index contributed by atoms with van der Waals surface area (Å²) >= 11 is 7.45. The fourth-order valence-electron chi connectivity index (χ4n) is 3.15. The van der Waals surface area contributed by atoms with E-state index >= 15 is 0 Å². The van der Waals surface area contributed by atoms with Crippen molar-refractivity contribution in [2.75, 3.05) is 16.0 Å². The van der Waals surface area contributed by atoms with Gasteiger partial charge in [0.2, 0.25) is 5.91 Å². The maximum absolute atomic E-state index is 13.3. The number of hydrogen-bond acceptors (Lipinski definition) is 3. The molecule has 29 heavy (non-hydrogen) atoms. The van der Waals surface area contributed by atoms with Gasteiger partial charge >= 0.3 is 0 Å². The highest BCUT2D eigenvalue weighted by atomic mass is 35.5. The van der Waals surface area contributed by atoms with Gasteiger partial charge in [-0.25, -0.2) is 4.39 Å². The number of amides is 2. The summed E-state index contributed by atoms with van der Waals surface area (Å²) in [7, 11) is 0. The lowest BCUT2D eigenvalue weighted by Crippen LogP contribution is -2.27. The number of hydrogen-bond donors (Lipinski definition) is 1. The van der Waals surface area contributed by atoms with E-state index in [1.807, 2.05) is 18.2 Å². The zero-order valence-electron chi connectivity index (χ0n) is 15.1. The Morgan fingerprint density at radius 3 is 2.59 bits per heavy atom. The van der Waals surface area contributed by atoms with Crippen LogP contribution in [0.2, 0.25) is 5.02 Å². The molecule has 4 nitrogen and oxygen atoms in total.